The van der Waals surface area contributed by atoms with Gasteiger partial charge in [0.25, 0.3) is 5.91 Å². The van der Waals surface area contributed by atoms with E-state index in [1.807, 2.05) is 18.2 Å². The molecule has 0 unspecified atom stereocenters. The lowest BCUT2D eigenvalue weighted by molar-refractivity contribution is -0.125. The number of carbonyl (C=O) groups excluding carboxylic acids is 3. The molecule has 0 bridgehead atoms. The second kappa shape index (κ2) is 7.99. The molecule has 6 nitrogen and oxygen atoms in total. The molecule has 0 saturated heterocycles. The van der Waals surface area contributed by atoms with E-state index in [0.717, 1.165) is 11.3 Å². The van der Waals surface area contributed by atoms with Crippen molar-refractivity contribution in [2.45, 2.75) is 19.3 Å². The highest BCUT2D eigenvalue weighted by Gasteiger charge is 2.31. The van der Waals surface area contributed by atoms with Gasteiger partial charge in [0.05, 0.1) is 5.92 Å². The Labute approximate surface area is 156 Å². The highest BCUT2D eigenvalue weighted by molar-refractivity contribution is 6.04. The molecule has 3 rings (SSSR count). The molecule has 0 fully saturated rings. The van der Waals surface area contributed by atoms with E-state index in [1.54, 1.807) is 19.1 Å². The second-order valence-corrected chi connectivity index (χ2v) is 6.40. The minimum atomic E-state index is -0.508. The van der Waals surface area contributed by atoms with Crippen molar-refractivity contribution in [3.63, 3.8) is 0 Å². The summed E-state index contributed by atoms with van der Waals surface area (Å²) in [7, 11) is 0. The number of rotatable bonds is 6. The van der Waals surface area contributed by atoms with Crippen molar-refractivity contribution in [3.8, 4) is 0 Å². The molecule has 1 atom stereocenters. The third-order valence-corrected chi connectivity index (χ3v) is 4.47. The van der Waals surface area contributed by atoms with Gasteiger partial charge in [-0.1, -0.05) is 24.3 Å². The number of anilines is 1. The summed E-state index contributed by atoms with van der Waals surface area (Å²) >= 11 is 0. The van der Waals surface area contributed by atoms with Gasteiger partial charge < -0.3 is 16.0 Å². The topological polar surface area (TPSA) is 87.3 Å². The monoisotopic (exact) mass is 369 g/mol. The van der Waals surface area contributed by atoms with Crippen molar-refractivity contribution in [1.29, 1.82) is 0 Å². The van der Waals surface area contributed by atoms with Crippen LogP contribution in [-0.2, 0) is 9.59 Å². The van der Waals surface area contributed by atoms with Crippen molar-refractivity contribution >= 4 is 23.4 Å². The minimum Gasteiger partial charge on any atom is -0.354 e. The van der Waals surface area contributed by atoms with Gasteiger partial charge in [0.1, 0.15) is 5.82 Å². The van der Waals surface area contributed by atoms with E-state index in [4.69, 9.17) is 0 Å². The minimum absolute atomic E-state index is 0.0416. The maximum Gasteiger partial charge on any atom is 0.251 e. The van der Waals surface area contributed by atoms with Gasteiger partial charge in [0, 0.05) is 30.8 Å². The molecule has 3 amide bonds. The number of fused-ring (bicyclic) bond motifs is 1. The van der Waals surface area contributed by atoms with E-state index in [-0.39, 0.29) is 36.9 Å². The summed E-state index contributed by atoms with van der Waals surface area (Å²) in [5.74, 6) is -1.83. The molecule has 140 valence electrons. The number of benzene rings is 2. The molecule has 2 aromatic rings. The lowest BCUT2D eigenvalue weighted by Gasteiger charge is -2.10. The van der Waals surface area contributed by atoms with E-state index in [9.17, 15) is 18.8 Å². The summed E-state index contributed by atoms with van der Waals surface area (Å²) in [6.07, 6.45) is 0.0416. The van der Waals surface area contributed by atoms with Gasteiger partial charge in [-0.05, 0) is 36.2 Å². The van der Waals surface area contributed by atoms with Crippen LogP contribution >= 0.6 is 0 Å². The highest BCUT2D eigenvalue weighted by atomic mass is 19.1. The molecule has 27 heavy (non-hydrogen) atoms. The van der Waals surface area contributed by atoms with E-state index in [1.165, 1.54) is 12.1 Å². The summed E-state index contributed by atoms with van der Waals surface area (Å²) in [6, 6.07) is 11.5. The van der Waals surface area contributed by atoms with Crippen LogP contribution in [0, 0.1) is 12.7 Å². The molecule has 1 heterocycles. The lowest BCUT2D eigenvalue weighted by Crippen LogP contribution is -2.35. The fourth-order valence-electron chi connectivity index (χ4n) is 2.95. The first-order chi connectivity index (χ1) is 13.0. The van der Waals surface area contributed by atoms with E-state index in [2.05, 4.69) is 16.0 Å². The van der Waals surface area contributed by atoms with Gasteiger partial charge in [-0.2, -0.15) is 0 Å². The SMILES string of the molecule is Cc1ccc(C(=O)NCCNC(=O)C[C@H]2C(=O)Nc3ccccc32)cc1F. The largest absolute Gasteiger partial charge is 0.354 e. The predicted octanol–water partition coefficient (Wildman–Crippen LogP) is 2.11. The number of carbonyl (C=O) groups is 3. The van der Waals surface area contributed by atoms with Crippen LogP contribution in [0.4, 0.5) is 10.1 Å². The Bertz CT molecular complexity index is 898. The molecule has 1 aliphatic heterocycles. The number of amides is 3. The van der Waals surface area contributed by atoms with Crippen molar-refractivity contribution in [2.75, 3.05) is 18.4 Å². The Hall–Kier alpha value is -3.22. The van der Waals surface area contributed by atoms with Crippen molar-refractivity contribution in [1.82, 2.24) is 10.6 Å². The molecular formula is C20H20FN3O3. The molecule has 7 heteroatoms. The second-order valence-electron chi connectivity index (χ2n) is 6.40. The van der Waals surface area contributed by atoms with Crippen LogP contribution in [0.15, 0.2) is 42.5 Å². The number of aryl methyl sites for hydroxylation is 1. The molecule has 2 aromatic carbocycles. The molecule has 0 aliphatic carbocycles. The van der Waals surface area contributed by atoms with Gasteiger partial charge in [0.2, 0.25) is 11.8 Å². The highest BCUT2D eigenvalue weighted by Crippen LogP contribution is 2.34. The van der Waals surface area contributed by atoms with Gasteiger partial charge in [0.15, 0.2) is 0 Å². The number of para-hydroxylation sites is 1. The van der Waals surface area contributed by atoms with Gasteiger partial charge in [-0.3, -0.25) is 14.4 Å². The van der Waals surface area contributed by atoms with Crippen LogP contribution in [-0.4, -0.2) is 30.8 Å². The quantitative estimate of drug-likeness (QED) is 0.682. The number of nitrogens with one attached hydrogen (secondary N) is 3. The first-order valence-electron chi connectivity index (χ1n) is 8.66. The maximum atomic E-state index is 13.5. The summed E-state index contributed by atoms with van der Waals surface area (Å²) < 4.78 is 13.5. The first-order valence-corrected chi connectivity index (χ1v) is 8.66. The predicted molar refractivity (Wildman–Crippen MR) is 98.9 cm³/mol. The normalized spacial score (nSPS) is 15.0. The Kier molecular flexibility index (Phi) is 5.49. The van der Waals surface area contributed by atoms with E-state index in [0.29, 0.717) is 5.56 Å². The zero-order valence-corrected chi connectivity index (χ0v) is 14.8. The standard InChI is InChI=1S/C20H20FN3O3/c1-12-6-7-13(10-16(12)21)19(26)23-9-8-22-18(25)11-15-14-4-2-3-5-17(14)24-20(15)27/h2-7,10,15H,8-9,11H2,1H3,(H,22,25)(H,23,26)(H,24,27)/t15-/m1/s1. The molecule has 0 spiro atoms. The number of hydrogen-bond donors (Lipinski definition) is 3. The Morgan fingerprint density at radius 1 is 1.11 bits per heavy atom. The Morgan fingerprint density at radius 2 is 1.85 bits per heavy atom. The van der Waals surface area contributed by atoms with Gasteiger partial charge in [-0.25, -0.2) is 4.39 Å². The van der Waals surface area contributed by atoms with Crippen LogP contribution in [0.3, 0.4) is 0 Å². The molecule has 0 radical (unpaired) electrons. The van der Waals surface area contributed by atoms with Gasteiger partial charge >= 0.3 is 0 Å². The zero-order chi connectivity index (χ0) is 19.4. The average Bonchev–Trinajstić information content (AvgIpc) is 2.96. The van der Waals surface area contributed by atoms with Crippen molar-refractivity contribution < 1.29 is 18.8 Å². The van der Waals surface area contributed by atoms with Gasteiger partial charge in [-0.15, -0.1) is 0 Å². The molecule has 0 aromatic heterocycles. The molecule has 0 saturated carbocycles. The smallest absolute Gasteiger partial charge is 0.251 e. The van der Waals surface area contributed by atoms with E-state index >= 15 is 0 Å². The average molecular weight is 369 g/mol. The van der Waals surface area contributed by atoms with E-state index < -0.39 is 17.6 Å². The third-order valence-electron chi connectivity index (χ3n) is 4.47. The summed E-state index contributed by atoms with van der Waals surface area (Å²) in [5.41, 5.74) is 2.24. The fourth-order valence-corrected chi connectivity index (χ4v) is 2.95. The van der Waals surface area contributed by atoms with Crippen molar-refractivity contribution in [2.24, 2.45) is 0 Å². The number of halogens is 1. The van der Waals surface area contributed by atoms with Crippen LogP contribution in [0.2, 0.25) is 0 Å². The first kappa shape index (κ1) is 18.6. The van der Waals surface area contributed by atoms with Crippen LogP contribution in [0.5, 0.6) is 0 Å². The fraction of sp³-hybridized carbons (Fsp3) is 0.250. The van der Waals surface area contributed by atoms with Crippen LogP contribution in [0.25, 0.3) is 0 Å². The van der Waals surface area contributed by atoms with Crippen molar-refractivity contribution in [3.05, 3.63) is 65.0 Å². The molecule has 3 N–H and O–H groups in total. The van der Waals surface area contributed by atoms with Crippen LogP contribution in [0.1, 0.15) is 33.8 Å². The third kappa shape index (κ3) is 4.31. The Balaban J connectivity index is 1.44. The maximum absolute atomic E-state index is 13.5. The molecule has 1 aliphatic rings. The summed E-state index contributed by atoms with van der Waals surface area (Å²) in [4.78, 5) is 36.1. The summed E-state index contributed by atoms with van der Waals surface area (Å²) in [5, 5.41) is 8.06. The lowest BCUT2D eigenvalue weighted by atomic mass is 9.97. The van der Waals surface area contributed by atoms with Crippen LogP contribution < -0.4 is 16.0 Å². The Morgan fingerprint density at radius 3 is 2.63 bits per heavy atom. The number of hydrogen-bond acceptors (Lipinski definition) is 3. The zero-order valence-electron chi connectivity index (χ0n) is 14.8. The summed E-state index contributed by atoms with van der Waals surface area (Å²) in [6.45, 7) is 2.04. The molecular weight excluding hydrogens is 349 g/mol.